The van der Waals surface area contributed by atoms with Gasteiger partial charge in [-0.3, -0.25) is 4.79 Å². The van der Waals surface area contributed by atoms with Gasteiger partial charge in [0, 0.05) is 15.4 Å². The highest BCUT2D eigenvalue weighted by Gasteiger charge is 2.35. The van der Waals surface area contributed by atoms with Crippen LogP contribution >= 0.6 is 23.2 Å². The zero-order valence-corrected chi connectivity index (χ0v) is 14.7. The van der Waals surface area contributed by atoms with Crippen molar-refractivity contribution in [1.82, 2.24) is 4.98 Å². The van der Waals surface area contributed by atoms with E-state index in [1.165, 1.54) is 0 Å². The number of nitrogens with zero attached hydrogens (tertiary/aromatic N) is 1. The summed E-state index contributed by atoms with van der Waals surface area (Å²) in [5.74, 6) is -0.467. The number of pyridine rings is 1. The number of fused-ring (bicyclic) bond motifs is 3. The third-order valence-corrected chi connectivity index (χ3v) is 4.92. The van der Waals surface area contributed by atoms with Crippen molar-refractivity contribution in [3.8, 4) is 11.8 Å². The molecule has 3 N–H and O–H groups in total. The van der Waals surface area contributed by atoms with Gasteiger partial charge in [0.05, 0.1) is 17.0 Å². The number of nitriles is 1. The summed E-state index contributed by atoms with van der Waals surface area (Å²) in [5, 5.41) is 11.1. The third-order valence-electron chi connectivity index (χ3n) is 4.36. The molecule has 2 heterocycles. The molecule has 0 unspecified atom stereocenters. The summed E-state index contributed by atoms with van der Waals surface area (Å²) in [6, 6.07) is 14.2. The van der Waals surface area contributed by atoms with Gasteiger partial charge in [-0.15, -0.1) is 0 Å². The molecule has 0 amide bonds. The maximum Gasteiger partial charge on any atom is 0.256 e. The van der Waals surface area contributed by atoms with Gasteiger partial charge in [0.15, 0.2) is 0 Å². The maximum absolute atomic E-state index is 12.8. The number of ether oxygens (including phenoxy) is 1. The fourth-order valence-corrected chi connectivity index (χ4v) is 3.74. The molecule has 4 rings (SSSR count). The molecule has 1 aliphatic heterocycles. The zero-order chi connectivity index (χ0) is 18.4. The Kier molecular flexibility index (Phi) is 3.87. The van der Waals surface area contributed by atoms with Crippen molar-refractivity contribution in [1.29, 1.82) is 5.26 Å². The molecule has 2 aromatic carbocycles. The van der Waals surface area contributed by atoms with Crippen molar-refractivity contribution in [2.75, 3.05) is 0 Å². The largest absolute Gasteiger partial charge is 0.439 e. The Labute approximate surface area is 158 Å². The van der Waals surface area contributed by atoms with E-state index in [-0.39, 0.29) is 17.0 Å². The number of rotatable bonds is 1. The number of hydrogen-bond acceptors (Lipinski definition) is 4. The molecule has 0 spiro atoms. The molecule has 1 aliphatic rings. The standard InChI is InChI=1S/C19H11Cl2N3O2/c20-9-5-6-10(13(21)7-9)15-12(8-22)18(23)26-17-11-3-1-2-4-14(11)24-19(25)16(15)17/h1-7,15H,23H2,(H,24,25)/t15-/m0/s1. The number of nitrogens with one attached hydrogen (secondary N) is 1. The van der Waals surface area contributed by atoms with Crippen molar-refractivity contribution in [2.45, 2.75) is 5.92 Å². The van der Waals surface area contributed by atoms with E-state index in [1.54, 1.807) is 30.3 Å². The molecule has 0 saturated heterocycles. The number of aromatic amines is 1. The molecular formula is C19H11Cl2N3O2. The van der Waals surface area contributed by atoms with Crippen LogP contribution in [0, 0.1) is 11.3 Å². The SMILES string of the molecule is N#CC1=C(N)Oc2c(c(=O)[nH]c3ccccc23)[C@H]1c1ccc(Cl)cc1Cl. The van der Waals surface area contributed by atoms with Gasteiger partial charge in [0.2, 0.25) is 5.88 Å². The first kappa shape index (κ1) is 16.5. The normalized spacial score (nSPS) is 16.1. The van der Waals surface area contributed by atoms with E-state index in [2.05, 4.69) is 4.98 Å². The lowest BCUT2D eigenvalue weighted by Gasteiger charge is -2.27. The second kappa shape index (κ2) is 6.10. The van der Waals surface area contributed by atoms with E-state index < -0.39 is 5.92 Å². The van der Waals surface area contributed by atoms with Gasteiger partial charge in [-0.1, -0.05) is 41.4 Å². The Bertz CT molecular complexity index is 1190. The number of halogens is 2. The number of H-pyrrole nitrogens is 1. The number of nitrogens with two attached hydrogens (primary N) is 1. The summed E-state index contributed by atoms with van der Waals surface area (Å²) in [7, 11) is 0. The molecule has 128 valence electrons. The summed E-state index contributed by atoms with van der Waals surface area (Å²) in [5.41, 5.74) is 7.23. The Balaban J connectivity index is 2.10. The quantitative estimate of drug-likeness (QED) is 0.662. The minimum Gasteiger partial charge on any atom is -0.439 e. The summed E-state index contributed by atoms with van der Waals surface area (Å²) < 4.78 is 5.69. The van der Waals surface area contributed by atoms with E-state index >= 15 is 0 Å². The molecule has 0 saturated carbocycles. The van der Waals surface area contributed by atoms with Crippen molar-refractivity contribution >= 4 is 34.1 Å². The third kappa shape index (κ3) is 2.43. The molecule has 0 bridgehead atoms. The van der Waals surface area contributed by atoms with Gasteiger partial charge in [-0.2, -0.15) is 5.26 Å². The lowest BCUT2D eigenvalue weighted by Crippen LogP contribution is -2.28. The average molecular weight is 384 g/mol. The van der Waals surface area contributed by atoms with Crippen molar-refractivity contribution in [2.24, 2.45) is 5.73 Å². The monoisotopic (exact) mass is 383 g/mol. The first-order valence-electron chi connectivity index (χ1n) is 7.68. The van der Waals surface area contributed by atoms with E-state index in [1.807, 2.05) is 18.2 Å². The number of allylic oxidation sites excluding steroid dienone is 1. The molecule has 1 aromatic heterocycles. The first-order valence-corrected chi connectivity index (χ1v) is 8.44. The maximum atomic E-state index is 12.8. The molecule has 0 fully saturated rings. The topological polar surface area (TPSA) is 91.9 Å². The van der Waals surface area contributed by atoms with E-state index in [4.69, 9.17) is 33.7 Å². The molecule has 1 atom stereocenters. The van der Waals surface area contributed by atoms with Crippen LogP contribution in [0.25, 0.3) is 10.9 Å². The fraction of sp³-hybridized carbons (Fsp3) is 0.0526. The summed E-state index contributed by atoms with van der Waals surface area (Å²) in [6.07, 6.45) is 0. The Morgan fingerprint density at radius 1 is 1.19 bits per heavy atom. The van der Waals surface area contributed by atoms with Crippen LogP contribution in [0.1, 0.15) is 17.0 Å². The second-order valence-electron chi connectivity index (χ2n) is 5.83. The predicted molar refractivity (Wildman–Crippen MR) is 100 cm³/mol. The van der Waals surface area contributed by atoms with E-state index in [0.717, 1.165) is 0 Å². The summed E-state index contributed by atoms with van der Waals surface area (Å²) >= 11 is 12.3. The number of aromatic nitrogens is 1. The van der Waals surface area contributed by atoms with Gasteiger partial charge < -0.3 is 15.5 Å². The summed E-state index contributed by atoms with van der Waals surface area (Å²) in [6.45, 7) is 0. The highest BCUT2D eigenvalue weighted by Crippen LogP contribution is 2.44. The highest BCUT2D eigenvalue weighted by molar-refractivity contribution is 6.35. The summed E-state index contributed by atoms with van der Waals surface area (Å²) in [4.78, 5) is 15.7. The zero-order valence-electron chi connectivity index (χ0n) is 13.2. The molecule has 0 aliphatic carbocycles. The smallest absolute Gasteiger partial charge is 0.256 e. The Morgan fingerprint density at radius 3 is 2.69 bits per heavy atom. The number of benzene rings is 2. The van der Waals surface area contributed by atoms with Crippen LogP contribution in [0.15, 0.2) is 58.7 Å². The Hall–Kier alpha value is -2.94. The van der Waals surface area contributed by atoms with Crippen LogP contribution in [0.4, 0.5) is 0 Å². The van der Waals surface area contributed by atoms with Crippen molar-refractivity contribution in [3.05, 3.63) is 85.4 Å². The van der Waals surface area contributed by atoms with Gasteiger partial charge in [-0.25, -0.2) is 0 Å². The van der Waals surface area contributed by atoms with E-state index in [0.29, 0.717) is 37.8 Å². The van der Waals surface area contributed by atoms with Gasteiger partial charge >= 0.3 is 0 Å². The predicted octanol–water partition coefficient (Wildman–Crippen LogP) is 4.05. The molecule has 26 heavy (non-hydrogen) atoms. The molecule has 0 radical (unpaired) electrons. The van der Waals surface area contributed by atoms with Crippen LogP contribution in [0.2, 0.25) is 10.0 Å². The van der Waals surface area contributed by atoms with Gasteiger partial charge in [-0.05, 0) is 29.8 Å². The minimum absolute atomic E-state index is 0.0493. The Morgan fingerprint density at radius 2 is 1.96 bits per heavy atom. The highest BCUT2D eigenvalue weighted by atomic mass is 35.5. The average Bonchev–Trinajstić information content (AvgIpc) is 2.61. The van der Waals surface area contributed by atoms with Gasteiger partial charge in [0.25, 0.3) is 5.56 Å². The molecular weight excluding hydrogens is 373 g/mol. The van der Waals surface area contributed by atoms with Crippen LogP contribution < -0.4 is 16.0 Å². The lowest BCUT2D eigenvalue weighted by molar-refractivity contribution is 0.397. The number of hydrogen-bond donors (Lipinski definition) is 2. The molecule has 7 heteroatoms. The van der Waals surface area contributed by atoms with Gasteiger partial charge in [0.1, 0.15) is 17.4 Å². The lowest BCUT2D eigenvalue weighted by atomic mass is 9.83. The molecule has 3 aromatic rings. The minimum atomic E-state index is -0.748. The number of para-hydroxylation sites is 1. The van der Waals surface area contributed by atoms with Crippen LogP contribution in [-0.4, -0.2) is 4.98 Å². The van der Waals surface area contributed by atoms with Crippen LogP contribution in [0.5, 0.6) is 5.75 Å². The second-order valence-corrected chi connectivity index (χ2v) is 6.68. The fourth-order valence-electron chi connectivity index (χ4n) is 3.22. The first-order chi connectivity index (χ1) is 12.5. The van der Waals surface area contributed by atoms with Crippen molar-refractivity contribution in [3.63, 3.8) is 0 Å². The van der Waals surface area contributed by atoms with E-state index in [9.17, 15) is 10.1 Å². The van der Waals surface area contributed by atoms with Crippen molar-refractivity contribution < 1.29 is 4.74 Å². The van der Waals surface area contributed by atoms with Crippen LogP contribution in [-0.2, 0) is 0 Å². The van der Waals surface area contributed by atoms with Crippen LogP contribution in [0.3, 0.4) is 0 Å². The molecule has 5 nitrogen and oxygen atoms in total.